The quantitative estimate of drug-likeness (QED) is 0.693. The third-order valence-electron chi connectivity index (χ3n) is 4.38. The Kier molecular flexibility index (Phi) is 4.31. The molecule has 0 aromatic rings. The average molecular weight is 289 g/mol. The smallest absolute Gasteiger partial charge is 0.0235 e. The molecule has 0 N–H and O–H groups in total. The second kappa shape index (κ2) is 5.36. The summed E-state index contributed by atoms with van der Waals surface area (Å²) in [5.41, 5.74) is 0.651. The highest BCUT2D eigenvalue weighted by Gasteiger charge is 2.43. The molecule has 2 nitrogen and oxygen atoms in total. The van der Waals surface area contributed by atoms with Crippen LogP contribution in [0.25, 0.3) is 0 Å². The van der Waals surface area contributed by atoms with E-state index in [1.165, 1.54) is 57.3 Å². The van der Waals surface area contributed by atoms with E-state index < -0.39 is 0 Å². The van der Waals surface area contributed by atoms with Gasteiger partial charge in [0.05, 0.1) is 0 Å². The Hall–Kier alpha value is 0.400. The van der Waals surface area contributed by atoms with Gasteiger partial charge in [0.2, 0.25) is 0 Å². The monoisotopic (exact) mass is 288 g/mol. The number of likely N-dealkylation sites (tertiary alicyclic amines) is 1. The van der Waals surface area contributed by atoms with Crippen molar-refractivity contribution in [3.63, 3.8) is 0 Å². The van der Waals surface area contributed by atoms with Crippen molar-refractivity contribution in [1.82, 2.24) is 9.80 Å². The van der Waals surface area contributed by atoms with Gasteiger partial charge in [0.1, 0.15) is 0 Å². The van der Waals surface area contributed by atoms with Crippen molar-refractivity contribution < 1.29 is 0 Å². The summed E-state index contributed by atoms with van der Waals surface area (Å²) in [6.07, 6.45) is 4.25. The van der Waals surface area contributed by atoms with Crippen molar-refractivity contribution >= 4 is 15.9 Å². The van der Waals surface area contributed by atoms with Gasteiger partial charge in [-0.2, -0.15) is 0 Å². The SMILES string of the molecule is CCN(CC)C1CCN(CC2(CBr)CC2)C1. The third-order valence-corrected chi connectivity index (χ3v) is 5.57. The fourth-order valence-corrected chi connectivity index (χ4v) is 3.72. The van der Waals surface area contributed by atoms with E-state index in [0.29, 0.717) is 5.41 Å². The third kappa shape index (κ3) is 2.80. The number of nitrogens with zero attached hydrogens (tertiary/aromatic N) is 2. The predicted octanol–water partition coefficient (Wildman–Crippen LogP) is 2.58. The first-order chi connectivity index (χ1) is 7.73. The van der Waals surface area contributed by atoms with Crippen molar-refractivity contribution in [2.75, 3.05) is 38.1 Å². The lowest BCUT2D eigenvalue weighted by atomic mass is 10.1. The topological polar surface area (TPSA) is 6.48 Å². The number of hydrogen-bond acceptors (Lipinski definition) is 2. The lowest BCUT2D eigenvalue weighted by molar-refractivity contribution is 0.201. The number of halogens is 1. The van der Waals surface area contributed by atoms with Crippen LogP contribution >= 0.6 is 15.9 Å². The summed E-state index contributed by atoms with van der Waals surface area (Å²) >= 11 is 3.67. The van der Waals surface area contributed by atoms with Crippen LogP contribution in [0.2, 0.25) is 0 Å². The maximum absolute atomic E-state index is 3.67. The number of alkyl halides is 1. The summed E-state index contributed by atoms with van der Waals surface area (Å²) < 4.78 is 0. The second-order valence-corrected chi connectivity index (χ2v) is 6.09. The van der Waals surface area contributed by atoms with E-state index in [1.54, 1.807) is 0 Å². The first-order valence-electron chi connectivity index (χ1n) is 6.75. The van der Waals surface area contributed by atoms with Crippen molar-refractivity contribution in [1.29, 1.82) is 0 Å². The van der Waals surface area contributed by atoms with Crippen molar-refractivity contribution in [3.05, 3.63) is 0 Å². The second-order valence-electron chi connectivity index (χ2n) is 5.53. The normalized spacial score (nSPS) is 28.9. The van der Waals surface area contributed by atoms with Gasteiger partial charge in [-0.05, 0) is 44.3 Å². The van der Waals surface area contributed by atoms with Crippen LogP contribution in [0.1, 0.15) is 33.1 Å². The van der Waals surface area contributed by atoms with Crippen LogP contribution in [0.15, 0.2) is 0 Å². The van der Waals surface area contributed by atoms with Crippen molar-refractivity contribution in [2.45, 2.75) is 39.2 Å². The highest BCUT2D eigenvalue weighted by Crippen LogP contribution is 2.48. The lowest BCUT2D eigenvalue weighted by Crippen LogP contribution is -2.38. The lowest BCUT2D eigenvalue weighted by Gasteiger charge is -2.27. The molecule has 2 fully saturated rings. The van der Waals surface area contributed by atoms with Crippen LogP contribution in [-0.2, 0) is 0 Å². The summed E-state index contributed by atoms with van der Waals surface area (Å²) in [5.74, 6) is 0. The van der Waals surface area contributed by atoms with Crippen LogP contribution in [0.5, 0.6) is 0 Å². The van der Waals surface area contributed by atoms with E-state index in [2.05, 4.69) is 39.6 Å². The first-order valence-corrected chi connectivity index (χ1v) is 7.87. The Morgan fingerprint density at radius 1 is 1.31 bits per heavy atom. The number of rotatable bonds is 6. The molecule has 0 amide bonds. The Morgan fingerprint density at radius 3 is 2.50 bits per heavy atom. The summed E-state index contributed by atoms with van der Waals surface area (Å²) in [6.45, 7) is 10.9. The van der Waals surface area contributed by atoms with Gasteiger partial charge < -0.3 is 4.90 Å². The number of likely N-dealkylation sites (N-methyl/N-ethyl adjacent to an activating group) is 1. The molecule has 1 unspecified atom stereocenters. The standard InChI is InChI=1S/C13H25BrN2/c1-3-16(4-2)12-5-8-15(9-12)11-13(10-14)6-7-13/h12H,3-11H2,1-2H3. The molecule has 1 saturated carbocycles. The first kappa shape index (κ1) is 12.8. The fraction of sp³-hybridized carbons (Fsp3) is 1.00. The molecule has 2 rings (SSSR count). The van der Waals surface area contributed by atoms with Gasteiger partial charge in [-0.15, -0.1) is 0 Å². The Bertz CT molecular complexity index is 224. The molecule has 0 aromatic carbocycles. The van der Waals surface area contributed by atoms with Crippen molar-refractivity contribution in [3.8, 4) is 0 Å². The molecule has 0 aromatic heterocycles. The van der Waals surface area contributed by atoms with E-state index in [1.807, 2.05) is 0 Å². The van der Waals surface area contributed by atoms with Gasteiger partial charge in [-0.1, -0.05) is 29.8 Å². The van der Waals surface area contributed by atoms with Crippen LogP contribution in [-0.4, -0.2) is 53.9 Å². The molecule has 3 heteroatoms. The summed E-state index contributed by atoms with van der Waals surface area (Å²) in [6, 6.07) is 0.820. The maximum atomic E-state index is 3.67. The summed E-state index contributed by atoms with van der Waals surface area (Å²) in [4.78, 5) is 5.31. The van der Waals surface area contributed by atoms with Crippen LogP contribution in [0, 0.1) is 5.41 Å². The Morgan fingerprint density at radius 2 is 2.00 bits per heavy atom. The van der Waals surface area contributed by atoms with E-state index in [0.717, 1.165) is 6.04 Å². The molecule has 16 heavy (non-hydrogen) atoms. The zero-order valence-electron chi connectivity index (χ0n) is 10.7. The highest BCUT2D eigenvalue weighted by atomic mass is 79.9. The summed E-state index contributed by atoms with van der Waals surface area (Å²) in [5, 5.41) is 1.20. The molecule has 1 saturated heterocycles. The van der Waals surface area contributed by atoms with Gasteiger partial charge in [0.15, 0.2) is 0 Å². The van der Waals surface area contributed by atoms with Crippen molar-refractivity contribution in [2.24, 2.45) is 5.41 Å². The summed E-state index contributed by atoms with van der Waals surface area (Å²) in [7, 11) is 0. The molecule has 0 bridgehead atoms. The molecule has 0 radical (unpaired) electrons. The van der Waals surface area contributed by atoms with E-state index >= 15 is 0 Å². The minimum absolute atomic E-state index is 0.651. The molecule has 1 aliphatic heterocycles. The minimum atomic E-state index is 0.651. The minimum Gasteiger partial charge on any atom is -0.301 e. The fourth-order valence-electron chi connectivity index (χ4n) is 2.98. The molecule has 2 aliphatic rings. The van der Waals surface area contributed by atoms with Gasteiger partial charge in [-0.25, -0.2) is 0 Å². The van der Waals surface area contributed by atoms with Gasteiger partial charge in [0.25, 0.3) is 0 Å². The zero-order chi connectivity index (χ0) is 11.6. The molecule has 1 heterocycles. The number of hydrogen-bond donors (Lipinski definition) is 0. The molecule has 94 valence electrons. The average Bonchev–Trinajstić information content (AvgIpc) is 2.93. The zero-order valence-corrected chi connectivity index (χ0v) is 12.3. The van der Waals surface area contributed by atoms with Crippen LogP contribution in [0.3, 0.4) is 0 Å². The molecule has 1 atom stereocenters. The molecule has 0 spiro atoms. The molecule has 1 aliphatic carbocycles. The molecular weight excluding hydrogens is 264 g/mol. The van der Waals surface area contributed by atoms with E-state index in [9.17, 15) is 0 Å². The van der Waals surface area contributed by atoms with Gasteiger partial charge >= 0.3 is 0 Å². The highest BCUT2D eigenvalue weighted by molar-refractivity contribution is 9.09. The van der Waals surface area contributed by atoms with Crippen LogP contribution < -0.4 is 0 Å². The molecular formula is C13H25BrN2. The Labute approximate surface area is 108 Å². The van der Waals surface area contributed by atoms with Gasteiger partial charge in [-0.3, -0.25) is 4.90 Å². The van der Waals surface area contributed by atoms with E-state index in [4.69, 9.17) is 0 Å². The van der Waals surface area contributed by atoms with E-state index in [-0.39, 0.29) is 0 Å². The van der Waals surface area contributed by atoms with Gasteiger partial charge in [0, 0.05) is 24.5 Å². The predicted molar refractivity (Wildman–Crippen MR) is 73.2 cm³/mol. The largest absolute Gasteiger partial charge is 0.301 e. The Balaban J connectivity index is 1.79. The van der Waals surface area contributed by atoms with Crippen LogP contribution in [0.4, 0.5) is 0 Å². The maximum Gasteiger partial charge on any atom is 0.0235 e.